The van der Waals surface area contributed by atoms with E-state index in [9.17, 15) is 5.11 Å². The van der Waals surface area contributed by atoms with Crippen LogP contribution in [0.4, 0.5) is 0 Å². The first-order valence-corrected chi connectivity index (χ1v) is 6.91. The number of fused-ring (bicyclic) bond motifs is 1. The summed E-state index contributed by atoms with van der Waals surface area (Å²) in [7, 11) is 0. The van der Waals surface area contributed by atoms with Crippen molar-refractivity contribution in [3.05, 3.63) is 53.1 Å². The van der Waals surface area contributed by atoms with Crippen LogP contribution in [0.25, 0.3) is 0 Å². The van der Waals surface area contributed by atoms with Crippen molar-refractivity contribution in [1.82, 2.24) is 0 Å². The van der Waals surface area contributed by atoms with Crippen LogP contribution in [0.1, 0.15) is 22.8 Å². The molecule has 1 aliphatic rings. The molecule has 21 heavy (non-hydrogen) atoms. The van der Waals surface area contributed by atoms with Crippen LogP contribution in [0.2, 0.25) is 0 Å². The van der Waals surface area contributed by atoms with Gasteiger partial charge in [0.05, 0.1) is 0 Å². The Kier molecular flexibility index (Phi) is 3.71. The molecule has 1 unspecified atom stereocenters. The number of ether oxygens (including phenoxy) is 3. The quantitative estimate of drug-likeness (QED) is 0.938. The summed E-state index contributed by atoms with van der Waals surface area (Å²) in [6.45, 7) is 4.43. The van der Waals surface area contributed by atoms with Crippen LogP contribution in [-0.2, 0) is 0 Å². The molecule has 1 atom stereocenters. The summed E-state index contributed by atoms with van der Waals surface area (Å²) in [5, 5.41) is 10.3. The van der Waals surface area contributed by atoms with Crippen molar-refractivity contribution < 1.29 is 19.3 Å². The van der Waals surface area contributed by atoms with Crippen LogP contribution in [0, 0.1) is 13.8 Å². The summed E-state index contributed by atoms with van der Waals surface area (Å²) in [6.07, 6.45) is -0.709. The van der Waals surface area contributed by atoms with E-state index < -0.39 is 6.10 Å². The molecule has 110 valence electrons. The smallest absolute Gasteiger partial charge is 0.231 e. The molecule has 4 heteroatoms. The molecule has 1 N–H and O–H groups in total. The van der Waals surface area contributed by atoms with Gasteiger partial charge in [0.25, 0.3) is 0 Å². The fourth-order valence-corrected chi connectivity index (χ4v) is 2.25. The molecular formula is C17H18O4. The van der Waals surface area contributed by atoms with Gasteiger partial charge in [0.2, 0.25) is 6.79 Å². The Balaban J connectivity index is 1.69. The minimum atomic E-state index is -0.709. The van der Waals surface area contributed by atoms with Crippen LogP contribution in [0.5, 0.6) is 17.2 Å². The molecule has 1 aliphatic heterocycles. The first kappa shape index (κ1) is 13.8. The number of rotatable bonds is 4. The maximum absolute atomic E-state index is 10.3. The van der Waals surface area contributed by atoms with E-state index in [2.05, 4.69) is 0 Å². The van der Waals surface area contributed by atoms with Crippen molar-refractivity contribution in [3.63, 3.8) is 0 Å². The van der Waals surface area contributed by atoms with Crippen LogP contribution in [-0.4, -0.2) is 18.5 Å². The Bertz CT molecular complexity index is 651. The Morgan fingerprint density at radius 3 is 2.76 bits per heavy atom. The van der Waals surface area contributed by atoms with Crippen LogP contribution in [0.15, 0.2) is 36.4 Å². The van der Waals surface area contributed by atoms with Crippen LogP contribution < -0.4 is 14.2 Å². The van der Waals surface area contributed by atoms with E-state index in [1.807, 2.05) is 38.1 Å². The maximum Gasteiger partial charge on any atom is 0.231 e. The Labute approximate surface area is 123 Å². The molecule has 0 aliphatic carbocycles. The van der Waals surface area contributed by atoms with Crippen molar-refractivity contribution in [2.24, 2.45) is 0 Å². The largest absolute Gasteiger partial charge is 0.490 e. The lowest BCUT2D eigenvalue weighted by atomic mass is 10.1. The van der Waals surface area contributed by atoms with Gasteiger partial charge in [-0.1, -0.05) is 18.2 Å². The second kappa shape index (κ2) is 5.66. The Hall–Kier alpha value is -2.20. The Morgan fingerprint density at radius 2 is 1.90 bits per heavy atom. The number of hydrogen-bond acceptors (Lipinski definition) is 4. The van der Waals surface area contributed by atoms with E-state index in [1.165, 1.54) is 0 Å². The van der Waals surface area contributed by atoms with Crippen molar-refractivity contribution in [1.29, 1.82) is 0 Å². The highest BCUT2D eigenvalue weighted by atomic mass is 16.7. The molecule has 0 amide bonds. The molecule has 4 nitrogen and oxygen atoms in total. The standard InChI is InChI=1S/C17H18O4/c1-11-3-4-12(2)16(7-11)19-9-14(18)13-5-6-15-17(8-13)21-10-20-15/h3-8,14,18H,9-10H2,1-2H3. The highest BCUT2D eigenvalue weighted by Crippen LogP contribution is 2.34. The van der Waals surface area contributed by atoms with E-state index in [0.29, 0.717) is 11.5 Å². The van der Waals surface area contributed by atoms with E-state index in [0.717, 1.165) is 22.4 Å². The van der Waals surface area contributed by atoms with Crippen molar-refractivity contribution in [2.45, 2.75) is 20.0 Å². The maximum atomic E-state index is 10.3. The van der Waals surface area contributed by atoms with Crippen molar-refractivity contribution >= 4 is 0 Å². The number of aliphatic hydroxyl groups is 1. The second-order valence-electron chi connectivity index (χ2n) is 5.21. The van der Waals surface area contributed by atoms with Gasteiger partial charge in [-0.2, -0.15) is 0 Å². The summed E-state index contributed by atoms with van der Waals surface area (Å²) in [5.41, 5.74) is 2.94. The average molecular weight is 286 g/mol. The molecule has 0 aromatic heterocycles. The topological polar surface area (TPSA) is 47.9 Å². The van der Waals surface area contributed by atoms with Gasteiger partial charge in [-0.3, -0.25) is 0 Å². The van der Waals surface area contributed by atoms with E-state index >= 15 is 0 Å². The molecule has 0 spiro atoms. The summed E-state index contributed by atoms with van der Waals surface area (Å²) >= 11 is 0. The average Bonchev–Trinajstić information content (AvgIpc) is 2.95. The third-order valence-electron chi connectivity index (χ3n) is 3.52. The highest BCUT2D eigenvalue weighted by molar-refractivity contribution is 5.45. The summed E-state index contributed by atoms with van der Waals surface area (Å²) in [4.78, 5) is 0. The molecule has 2 aromatic carbocycles. The molecular weight excluding hydrogens is 268 g/mol. The van der Waals surface area contributed by atoms with Crippen molar-refractivity contribution in [2.75, 3.05) is 13.4 Å². The first-order chi connectivity index (χ1) is 10.1. The predicted octanol–water partition coefficient (Wildman–Crippen LogP) is 3.14. The zero-order valence-corrected chi connectivity index (χ0v) is 12.1. The number of benzene rings is 2. The van der Waals surface area contributed by atoms with Gasteiger partial charge in [-0.05, 0) is 48.7 Å². The zero-order chi connectivity index (χ0) is 14.8. The molecule has 3 rings (SSSR count). The lowest BCUT2D eigenvalue weighted by Gasteiger charge is -2.15. The molecule has 2 aromatic rings. The monoisotopic (exact) mass is 286 g/mol. The van der Waals surface area contributed by atoms with E-state index in [1.54, 1.807) is 12.1 Å². The summed E-state index contributed by atoms with van der Waals surface area (Å²) in [6, 6.07) is 11.4. The first-order valence-electron chi connectivity index (χ1n) is 6.91. The lowest BCUT2D eigenvalue weighted by Crippen LogP contribution is -2.10. The van der Waals surface area contributed by atoms with Gasteiger partial charge in [0.15, 0.2) is 11.5 Å². The minimum absolute atomic E-state index is 0.198. The van der Waals surface area contributed by atoms with Crippen LogP contribution >= 0.6 is 0 Å². The Morgan fingerprint density at radius 1 is 1.10 bits per heavy atom. The van der Waals surface area contributed by atoms with Gasteiger partial charge in [0, 0.05) is 0 Å². The second-order valence-corrected chi connectivity index (χ2v) is 5.21. The lowest BCUT2D eigenvalue weighted by molar-refractivity contribution is 0.107. The normalized spacial score (nSPS) is 14.0. The van der Waals surface area contributed by atoms with Gasteiger partial charge in [-0.15, -0.1) is 0 Å². The number of aliphatic hydroxyl groups excluding tert-OH is 1. The van der Waals surface area contributed by atoms with Crippen LogP contribution in [0.3, 0.4) is 0 Å². The molecule has 0 fully saturated rings. The fraction of sp³-hybridized carbons (Fsp3) is 0.294. The van der Waals surface area contributed by atoms with Gasteiger partial charge in [0.1, 0.15) is 18.5 Å². The fourth-order valence-electron chi connectivity index (χ4n) is 2.25. The van der Waals surface area contributed by atoms with E-state index in [4.69, 9.17) is 14.2 Å². The van der Waals surface area contributed by atoms with Gasteiger partial charge >= 0.3 is 0 Å². The summed E-state index contributed by atoms with van der Waals surface area (Å²) < 4.78 is 16.3. The number of hydrogen-bond donors (Lipinski definition) is 1. The molecule has 1 heterocycles. The molecule has 0 saturated carbocycles. The third-order valence-corrected chi connectivity index (χ3v) is 3.52. The van der Waals surface area contributed by atoms with Crippen molar-refractivity contribution in [3.8, 4) is 17.2 Å². The van der Waals surface area contributed by atoms with E-state index in [-0.39, 0.29) is 13.4 Å². The SMILES string of the molecule is Cc1ccc(C)c(OCC(O)c2ccc3c(c2)OCO3)c1. The van der Waals surface area contributed by atoms with Gasteiger partial charge < -0.3 is 19.3 Å². The third kappa shape index (κ3) is 2.95. The van der Waals surface area contributed by atoms with Gasteiger partial charge in [-0.25, -0.2) is 0 Å². The summed E-state index contributed by atoms with van der Waals surface area (Å²) in [5.74, 6) is 2.18. The molecule has 0 radical (unpaired) electrons. The molecule has 0 bridgehead atoms. The molecule has 0 saturated heterocycles. The zero-order valence-electron chi connectivity index (χ0n) is 12.1. The minimum Gasteiger partial charge on any atom is -0.490 e. The number of aryl methyl sites for hydroxylation is 2. The highest BCUT2D eigenvalue weighted by Gasteiger charge is 2.17. The predicted molar refractivity (Wildman–Crippen MR) is 78.9 cm³/mol.